The van der Waals surface area contributed by atoms with E-state index >= 15 is 0 Å². The summed E-state index contributed by atoms with van der Waals surface area (Å²) in [6.45, 7) is 15.9. The van der Waals surface area contributed by atoms with Gasteiger partial charge in [0.15, 0.2) is 0 Å². The highest BCUT2D eigenvalue weighted by Gasteiger charge is 2.56. The Balaban J connectivity index is 1.29. The Morgan fingerprint density at radius 2 is 1.69 bits per heavy atom. The van der Waals surface area contributed by atoms with Gasteiger partial charge in [-0.05, 0) is 120 Å². The van der Waals surface area contributed by atoms with Crippen LogP contribution >= 0.6 is 0 Å². The van der Waals surface area contributed by atoms with E-state index in [2.05, 4.69) is 47.2 Å². The lowest BCUT2D eigenvalue weighted by Gasteiger charge is -2.47. The fourth-order valence-corrected chi connectivity index (χ4v) is 11.5. The van der Waals surface area contributed by atoms with Gasteiger partial charge in [-0.3, -0.25) is 14.4 Å². The van der Waals surface area contributed by atoms with E-state index in [1.807, 2.05) is 52.2 Å². The predicted molar refractivity (Wildman–Crippen MR) is 262 cm³/mol. The number of piperidine rings is 1. The second-order valence-corrected chi connectivity index (χ2v) is 20.6. The van der Waals surface area contributed by atoms with Gasteiger partial charge in [0.05, 0.1) is 30.5 Å². The summed E-state index contributed by atoms with van der Waals surface area (Å²) in [7, 11) is 5.08. The van der Waals surface area contributed by atoms with Crippen molar-refractivity contribution in [3.8, 4) is 0 Å². The first-order valence-corrected chi connectivity index (χ1v) is 25.0. The molecule has 1 saturated carbocycles. The number of aromatic nitrogens is 1. The third-order valence-electron chi connectivity index (χ3n) is 15.6. The van der Waals surface area contributed by atoms with E-state index in [4.69, 9.17) is 18.9 Å². The molecule has 1 aromatic heterocycles. The normalized spacial score (nSPS) is 36.3. The van der Waals surface area contributed by atoms with Crippen LogP contribution in [0.1, 0.15) is 112 Å². The van der Waals surface area contributed by atoms with Crippen LogP contribution in [0.2, 0.25) is 0 Å². The fraction of sp³-hybridized carbons (Fsp3) is 0.667. The molecule has 1 amide bonds. The van der Waals surface area contributed by atoms with E-state index in [1.165, 1.54) is 19.1 Å². The van der Waals surface area contributed by atoms with Crippen LogP contribution < -0.4 is 4.90 Å². The number of amides is 1. The van der Waals surface area contributed by atoms with Crippen molar-refractivity contribution in [3.63, 3.8) is 0 Å². The topological polar surface area (TPSA) is 177 Å². The number of cyclic esters (lactones) is 1. The van der Waals surface area contributed by atoms with Crippen molar-refractivity contribution in [2.75, 3.05) is 32.7 Å². The zero-order chi connectivity index (χ0) is 49.6. The summed E-state index contributed by atoms with van der Waals surface area (Å²) < 4.78 is 26.6. The number of rotatable bonds is 9. The number of nitrogens with zero attached hydrogens (tertiary/aromatic N) is 3. The van der Waals surface area contributed by atoms with Gasteiger partial charge in [0.1, 0.15) is 24.0 Å². The maximum absolute atomic E-state index is 14.6. The number of benzene rings is 1. The number of allylic oxidation sites excluding steroid dienone is 4. The van der Waals surface area contributed by atoms with Gasteiger partial charge in [0.25, 0.3) is 11.7 Å². The average Bonchev–Trinajstić information content (AvgIpc) is 3.72. The minimum Gasteiger partial charge on any atom is -0.456 e. The summed E-state index contributed by atoms with van der Waals surface area (Å²) in [6.07, 6.45) is 7.87. The molecule has 1 aliphatic carbocycles. The van der Waals surface area contributed by atoms with Gasteiger partial charge in [-0.2, -0.15) is 0 Å². The Bertz CT molecular complexity index is 2170. The van der Waals surface area contributed by atoms with Crippen LogP contribution in [-0.4, -0.2) is 131 Å². The minimum atomic E-state index is -2.52. The van der Waals surface area contributed by atoms with Crippen molar-refractivity contribution in [3.05, 3.63) is 66.4 Å². The lowest BCUT2D eigenvalue weighted by Crippen LogP contribution is -2.64. The average molecular weight is 946 g/mol. The van der Waals surface area contributed by atoms with E-state index in [9.17, 15) is 34.5 Å². The zero-order valence-electron chi connectivity index (χ0n) is 42.0. The van der Waals surface area contributed by atoms with Gasteiger partial charge in [0.2, 0.25) is 5.79 Å². The molecule has 14 unspecified atom stereocenters. The SMILES string of the molecule is C=CCn1ccc2cc(N(C)C3CCC(C=C(C)C4OC(=O)C5CCCCN5C(=O)C(=O)C5(O)OC(C(OC)CC(C)C/C(C)=C/C(CC)C(=O)CC(O)C4C)C(OC)CC5C)CC3O)ccc21. The maximum atomic E-state index is 14.6. The van der Waals surface area contributed by atoms with Crippen molar-refractivity contribution in [1.29, 1.82) is 0 Å². The zero-order valence-corrected chi connectivity index (χ0v) is 42.0. The Kier molecular flexibility index (Phi) is 18.1. The summed E-state index contributed by atoms with van der Waals surface area (Å²) in [4.78, 5) is 60.7. The molecule has 2 saturated heterocycles. The summed E-state index contributed by atoms with van der Waals surface area (Å²) in [6, 6.07) is 7.11. The highest BCUT2D eigenvalue weighted by molar-refractivity contribution is 6.39. The molecule has 4 aliphatic rings. The number of Topliss-reactive ketones (excluding diaryl/α,β-unsaturated/α-hetero) is 2. The number of aliphatic hydroxyl groups excluding tert-OH is 2. The van der Waals surface area contributed by atoms with Crippen LogP contribution in [0.3, 0.4) is 0 Å². The third-order valence-corrected chi connectivity index (χ3v) is 15.6. The molecule has 4 heterocycles. The van der Waals surface area contributed by atoms with Gasteiger partial charge in [-0.1, -0.05) is 51.5 Å². The Morgan fingerprint density at radius 1 is 0.971 bits per heavy atom. The quantitative estimate of drug-likeness (QED) is 0.132. The first-order valence-electron chi connectivity index (χ1n) is 25.0. The Labute approximate surface area is 403 Å². The third kappa shape index (κ3) is 11.7. The number of hydrogen-bond acceptors (Lipinski definition) is 12. The number of ether oxygens (including phenoxy) is 4. The van der Waals surface area contributed by atoms with Gasteiger partial charge >= 0.3 is 5.97 Å². The number of esters is 1. The molecule has 68 heavy (non-hydrogen) atoms. The predicted octanol–water partition coefficient (Wildman–Crippen LogP) is 7.10. The molecule has 14 heteroatoms. The number of anilines is 1. The number of ketones is 2. The van der Waals surface area contributed by atoms with E-state index in [0.717, 1.165) is 28.6 Å². The number of aliphatic hydroxyl groups is 3. The molecule has 1 aromatic carbocycles. The van der Waals surface area contributed by atoms with Crippen LogP contribution in [0.25, 0.3) is 10.9 Å². The molecule has 0 spiro atoms. The number of hydrogen-bond donors (Lipinski definition) is 3. The van der Waals surface area contributed by atoms with Crippen LogP contribution in [0.5, 0.6) is 0 Å². The second-order valence-electron chi connectivity index (χ2n) is 20.6. The van der Waals surface area contributed by atoms with E-state index < -0.39 is 83.9 Å². The standard InChI is InChI=1S/C54H79N3O11/c1-11-21-56-23-20-39-30-40(17-19-41(39)56)55(8)42-18-16-37(29-46(42)60)27-34(5)49-36(7)44(58)31-45(59)38(12-2)25-32(3)24-33(4)26-47(65-9)50-48(66-10)28-35(6)54(64,68-50)51(61)52(62)57-22-14-13-15-43(57)53(63)67-49/h11,17,19-20,23,25,27,30,33,35-38,42-44,46-50,58,60,64H,1,12-16,18,21-22,24,26,28-29,31H2,2-10H3/b32-25+,34-27?. The first-order chi connectivity index (χ1) is 32.3. The van der Waals surface area contributed by atoms with Gasteiger partial charge in [0, 0.05) is 81.3 Å². The Morgan fingerprint density at radius 3 is 2.37 bits per heavy atom. The van der Waals surface area contributed by atoms with Gasteiger partial charge in [-0.25, -0.2) is 4.79 Å². The highest BCUT2D eigenvalue weighted by atomic mass is 16.7. The number of likely N-dealkylation sites (N-methyl/N-ethyl adjacent to an activating group) is 1. The summed E-state index contributed by atoms with van der Waals surface area (Å²) in [5.74, 6) is -7.69. The lowest BCUT2D eigenvalue weighted by molar-refractivity contribution is -0.302. The van der Waals surface area contributed by atoms with E-state index in [0.29, 0.717) is 57.1 Å². The number of methoxy groups -OCH3 is 2. The molecule has 3 fully saturated rings. The second kappa shape index (κ2) is 23.2. The largest absolute Gasteiger partial charge is 0.456 e. The number of carbonyl (C=O) groups is 4. The smallest absolute Gasteiger partial charge is 0.329 e. The van der Waals surface area contributed by atoms with Crippen molar-refractivity contribution < 1.29 is 53.4 Å². The van der Waals surface area contributed by atoms with Crippen LogP contribution in [-0.2, 0) is 44.7 Å². The lowest BCUT2D eigenvalue weighted by atomic mass is 9.80. The summed E-state index contributed by atoms with van der Waals surface area (Å²) >= 11 is 0. The van der Waals surface area contributed by atoms with Crippen LogP contribution in [0, 0.1) is 29.6 Å². The molecule has 14 nitrogen and oxygen atoms in total. The monoisotopic (exact) mass is 946 g/mol. The molecular formula is C54H79N3O11. The summed E-state index contributed by atoms with van der Waals surface area (Å²) in [5, 5.41) is 36.8. The fourth-order valence-electron chi connectivity index (χ4n) is 11.5. The molecular weight excluding hydrogens is 867 g/mol. The Hall–Kier alpha value is -4.18. The van der Waals surface area contributed by atoms with Crippen LogP contribution in [0.4, 0.5) is 5.69 Å². The highest BCUT2D eigenvalue weighted by Crippen LogP contribution is 2.40. The van der Waals surface area contributed by atoms with Crippen LogP contribution in [0.15, 0.2) is 66.4 Å². The van der Waals surface area contributed by atoms with Crippen molar-refractivity contribution in [2.45, 2.75) is 173 Å². The van der Waals surface area contributed by atoms with Crippen molar-refractivity contribution in [1.82, 2.24) is 9.47 Å². The molecule has 3 N–H and O–H groups in total. The molecule has 6 rings (SSSR count). The van der Waals surface area contributed by atoms with Gasteiger partial charge < -0.3 is 48.6 Å². The molecule has 0 radical (unpaired) electrons. The van der Waals surface area contributed by atoms with E-state index in [1.54, 1.807) is 13.8 Å². The molecule has 3 aliphatic heterocycles. The molecule has 2 bridgehead atoms. The first kappa shape index (κ1) is 53.2. The van der Waals surface area contributed by atoms with Crippen molar-refractivity contribution >= 4 is 40.0 Å². The molecule has 376 valence electrons. The number of carbonyl (C=O) groups excluding carboxylic acids is 4. The maximum Gasteiger partial charge on any atom is 0.329 e. The molecule has 2 aromatic rings. The number of fused-ring (bicyclic) bond motifs is 4. The van der Waals surface area contributed by atoms with E-state index in [-0.39, 0.29) is 49.5 Å². The molecule has 14 atom stereocenters. The minimum absolute atomic E-state index is 0.0239. The van der Waals surface area contributed by atoms with Crippen molar-refractivity contribution in [2.24, 2.45) is 29.6 Å². The summed E-state index contributed by atoms with van der Waals surface area (Å²) in [5.41, 5.74) is 3.76. The van der Waals surface area contributed by atoms with Gasteiger partial charge in [-0.15, -0.1) is 6.58 Å².